The number of carbonyl (C=O) groups is 3. The van der Waals surface area contributed by atoms with E-state index in [1.165, 1.54) is 44.9 Å². The van der Waals surface area contributed by atoms with Gasteiger partial charge < -0.3 is 9.90 Å². The van der Waals surface area contributed by atoms with Crippen LogP contribution in [-0.4, -0.2) is 29.3 Å². The van der Waals surface area contributed by atoms with Gasteiger partial charge in [0.15, 0.2) is 0 Å². The molecule has 0 saturated carbocycles. The Morgan fingerprint density at radius 1 is 0.846 bits per heavy atom. The highest BCUT2D eigenvalue weighted by atomic mass is 16.4. The summed E-state index contributed by atoms with van der Waals surface area (Å²) in [6.07, 6.45) is 13.3. The third kappa shape index (κ3) is 17.4. The summed E-state index contributed by atoms with van der Waals surface area (Å²) in [5, 5.41) is 8.58. The number of aldehydes is 1. The van der Waals surface area contributed by atoms with E-state index in [-0.39, 0.29) is 18.7 Å². The normalized spacial score (nSPS) is 12.1. The predicted octanol–water partition coefficient (Wildman–Crippen LogP) is 3.99. The molecule has 26 heavy (non-hydrogen) atoms. The number of hydrazine groups is 1. The fourth-order valence-electron chi connectivity index (χ4n) is 2.76. The molecule has 1 amide bonds. The average molecular weight is 371 g/mol. The van der Waals surface area contributed by atoms with Crippen molar-refractivity contribution in [3.8, 4) is 0 Å². The van der Waals surface area contributed by atoms with E-state index in [9.17, 15) is 14.4 Å². The van der Waals surface area contributed by atoms with Gasteiger partial charge in [0.2, 0.25) is 5.91 Å². The smallest absolute Gasteiger partial charge is 0.303 e. The maximum atomic E-state index is 11.7. The van der Waals surface area contributed by atoms with Crippen molar-refractivity contribution in [3.63, 3.8) is 0 Å². The fraction of sp³-hybridized carbons (Fsp3) is 0.850. The van der Waals surface area contributed by atoms with Crippen molar-refractivity contribution in [1.82, 2.24) is 10.9 Å². The van der Waals surface area contributed by atoms with Crippen LogP contribution in [-0.2, 0) is 14.4 Å². The number of amides is 1. The van der Waals surface area contributed by atoms with Gasteiger partial charge in [0.25, 0.3) is 0 Å². The van der Waals surface area contributed by atoms with E-state index in [0.717, 1.165) is 25.2 Å². The van der Waals surface area contributed by atoms with Gasteiger partial charge in [-0.2, -0.15) is 0 Å². The number of rotatable bonds is 18. The van der Waals surface area contributed by atoms with Crippen LogP contribution in [0.2, 0.25) is 0 Å². The molecule has 0 aromatic rings. The Kier molecular flexibility index (Phi) is 16.1. The third-order valence-corrected chi connectivity index (χ3v) is 4.42. The number of hydrogen-bond donors (Lipinski definition) is 3. The molecule has 0 heterocycles. The fourth-order valence-corrected chi connectivity index (χ4v) is 2.76. The number of carboxylic acids is 1. The average Bonchev–Trinajstić information content (AvgIpc) is 2.59. The van der Waals surface area contributed by atoms with Crippen molar-refractivity contribution in [3.05, 3.63) is 0 Å². The minimum atomic E-state index is -0.958. The molecular weight excluding hydrogens is 332 g/mol. The summed E-state index contributed by atoms with van der Waals surface area (Å²) in [6, 6.07) is -0.657. The molecule has 0 rings (SSSR count). The van der Waals surface area contributed by atoms with E-state index >= 15 is 0 Å². The number of carboxylic acid groups (broad SMARTS) is 1. The Hall–Kier alpha value is -1.43. The lowest BCUT2D eigenvalue weighted by Gasteiger charge is -2.12. The second-order valence-corrected chi connectivity index (χ2v) is 7.48. The molecule has 0 aromatic heterocycles. The van der Waals surface area contributed by atoms with Gasteiger partial charge in [0.1, 0.15) is 6.29 Å². The van der Waals surface area contributed by atoms with Crippen molar-refractivity contribution in [1.29, 1.82) is 0 Å². The molecule has 0 saturated heterocycles. The molecule has 0 spiro atoms. The Morgan fingerprint density at radius 2 is 1.38 bits per heavy atom. The highest BCUT2D eigenvalue weighted by Gasteiger charge is 2.10. The molecule has 6 heteroatoms. The summed E-state index contributed by atoms with van der Waals surface area (Å²) in [6.45, 7) is 4.55. The first-order valence-electron chi connectivity index (χ1n) is 10.2. The van der Waals surface area contributed by atoms with Crippen LogP contribution < -0.4 is 10.9 Å². The molecule has 0 unspecified atom stereocenters. The first kappa shape index (κ1) is 24.6. The van der Waals surface area contributed by atoms with Crippen molar-refractivity contribution in [2.24, 2.45) is 5.92 Å². The van der Waals surface area contributed by atoms with Gasteiger partial charge in [-0.1, -0.05) is 71.6 Å². The number of hydrogen-bond acceptors (Lipinski definition) is 4. The van der Waals surface area contributed by atoms with Crippen LogP contribution in [0.4, 0.5) is 0 Å². The summed E-state index contributed by atoms with van der Waals surface area (Å²) in [5.74, 6) is -0.297. The van der Waals surface area contributed by atoms with Crippen LogP contribution in [0.1, 0.15) is 97.3 Å². The highest BCUT2D eigenvalue weighted by Crippen LogP contribution is 2.13. The van der Waals surface area contributed by atoms with E-state index in [4.69, 9.17) is 5.11 Å². The lowest BCUT2D eigenvalue weighted by molar-refractivity contribution is -0.137. The Balaban J connectivity index is 3.43. The van der Waals surface area contributed by atoms with Gasteiger partial charge in [0.05, 0.1) is 6.04 Å². The lowest BCUT2D eigenvalue weighted by atomic mass is 10.0. The van der Waals surface area contributed by atoms with Crippen LogP contribution in [0.25, 0.3) is 0 Å². The number of aliphatic carboxylic acids is 1. The molecular formula is C20H38N2O4. The minimum absolute atomic E-state index is 0.107. The Labute approximate surface area is 158 Å². The summed E-state index contributed by atoms with van der Waals surface area (Å²) in [7, 11) is 0. The molecule has 1 atom stereocenters. The van der Waals surface area contributed by atoms with Crippen molar-refractivity contribution in [2.45, 2.75) is 103 Å². The number of nitrogens with one attached hydrogen (secondary N) is 2. The summed E-state index contributed by atoms with van der Waals surface area (Å²) >= 11 is 0. The summed E-state index contributed by atoms with van der Waals surface area (Å²) < 4.78 is 0. The molecule has 152 valence electrons. The SMILES string of the molecule is CC(C)CCCCCCCCCCCC(=O)NN[C@@H](C=O)CCC(=O)O. The first-order chi connectivity index (χ1) is 12.5. The zero-order valence-corrected chi connectivity index (χ0v) is 16.6. The van der Waals surface area contributed by atoms with E-state index in [2.05, 4.69) is 24.7 Å². The van der Waals surface area contributed by atoms with Gasteiger partial charge in [-0.05, 0) is 18.8 Å². The molecule has 0 aliphatic rings. The molecule has 0 radical (unpaired) electrons. The van der Waals surface area contributed by atoms with Crippen molar-refractivity contribution < 1.29 is 19.5 Å². The van der Waals surface area contributed by atoms with Gasteiger partial charge in [0, 0.05) is 12.8 Å². The molecule has 0 aliphatic carbocycles. The summed E-state index contributed by atoms with van der Waals surface area (Å²) in [4.78, 5) is 32.9. The van der Waals surface area contributed by atoms with Crippen molar-refractivity contribution in [2.75, 3.05) is 0 Å². The number of carbonyl (C=O) groups excluding carboxylic acids is 2. The highest BCUT2D eigenvalue weighted by molar-refractivity contribution is 5.75. The standard InChI is InChI=1S/C20H38N2O4/c1-17(2)12-10-8-6-4-3-5-7-9-11-13-19(24)22-21-18(16-23)14-15-20(25)26/h16-18,21H,3-15H2,1-2H3,(H,22,24)(H,25,26)/t18-/m1/s1. The zero-order chi connectivity index (χ0) is 19.6. The largest absolute Gasteiger partial charge is 0.481 e. The Morgan fingerprint density at radius 3 is 1.88 bits per heavy atom. The molecule has 0 aromatic carbocycles. The van der Waals surface area contributed by atoms with Crippen LogP contribution in [0.15, 0.2) is 0 Å². The van der Waals surface area contributed by atoms with E-state index in [0.29, 0.717) is 12.7 Å². The summed E-state index contributed by atoms with van der Waals surface area (Å²) in [5.41, 5.74) is 5.07. The maximum absolute atomic E-state index is 11.7. The molecule has 0 fully saturated rings. The van der Waals surface area contributed by atoms with Gasteiger partial charge >= 0.3 is 5.97 Å². The second kappa shape index (κ2) is 17.0. The van der Waals surface area contributed by atoms with Gasteiger partial charge in [-0.25, -0.2) is 5.43 Å². The third-order valence-electron chi connectivity index (χ3n) is 4.42. The monoisotopic (exact) mass is 370 g/mol. The van der Waals surface area contributed by atoms with Crippen molar-refractivity contribution >= 4 is 18.2 Å². The maximum Gasteiger partial charge on any atom is 0.303 e. The quantitative estimate of drug-likeness (QED) is 0.193. The minimum Gasteiger partial charge on any atom is -0.481 e. The Bertz CT molecular complexity index is 386. The van der Waals surface area contributed by atoms with Crippen LogP contribution in [0.5, 0.6) is 0 Å². The van der Waals surface area contributed by atoms with Gasteiger partial charge in [-0.3, -0.25) is 15.0 Å². The topological polar surface area (TPSA) is 95.5 Å². The van der Waals surface area contributed by atoms with E-state index in [1.54, 1.807) is 0 Å². The lowest BCUT2D eigenvalue weighted by Crippen LogP contribution is -2.45. The molecule has 0 bridgehead atoms. The molecule has 0 aliphatic heterocycles. The predicted molar refractivity (Wildman–Crippen MR) is 104 cm³/mol. The van der Waals surface area contributed by atoms with E-state index in [1.807, 2.05) is 0 Å². The van der Waals surface area contributed by atoms with Crippen LogP contribution in [0.3, 0.4) is 0 Å². The van der Waals surface area contributed by atoms with Gasteiger partial charge in [-0.15, -0.1) is 0 Å². The zero-order valence-electron chi connectivity index (χ0n) is 16.6. The van der Waals surface area contributed by atoms with E-state index < -0.39 is 12.0 Å². The van der Waals surface area contributed by atoms with Crippen LogP contribution in [0, 0.1) is 5.92 Å². The first-order valence-corrected chi connectivity index (χ1v) is 10.2. The van der Waals surface area contributed by atoms with Crippen LogP contribution >= 0.6 is 0 Å². The second-order valence-electron chi connectivity index (χ2n) is 7.48. The molecule has 6 nitrogen and oxygen atoms in total. The number of unbranched alkanes of at least 4 members (excludes halogenated alkanes) is 8. The molecule has 3 N–H and O–H groups in total.